The smallest absolute Gasteiger partial charge is 0.0282 e. The molecule has 0 rings (SSSR count). The summed E-state index contributed by atoms with van der Waals surface area (Å²) in [6, 6.07) is 0.329. The lowest BCUT2D eigenvalue weighted by Gasteiger charge is -2.29. The maximum Gasteiger partial charge on any atom is 0.0282 e. The maximum atomic E-state index is 5.55. The summed E-state index contributed by atoms with van der Waals surface area (Å²) < 4.78 is 0. The molecule has 14 heavy (non-hydrogen) atoms. The highest BCUT2D eigenvalue weighted by atomic mass is 15.0. The molecule has 0 saturated carbocycles. The van der Waals surface area contributed by atoms with Gasteiger partial charge in [-0.2, -0.15) is 0 Å². The van der Waals surface area contributed by atoms with Gasteiger partial charge in [0.2, 0.25) is 0 Å². The minimum Gasteiger partial charge on any atom is -0.403 e. The summed E-state index contributed by atoms with van der Waals surface area (Å²) in [7, 11) is 0. The van der Waals surface area contributed by atoms with Crippen LogP contribution in [0.4, 0.5) is 0 Å². The zero-order valence-electron chi connectivity index (χ0n) is 9.98. The summed E-state index contributed by atoms with van der Waals surface area (Å²) in [5.74, 6) is 0. The fourth-order valence-electron chi connectivity index (χ4n) is 1.29. The SMILES string of the molecule is C=C(N)CCC(NC(C)(C)C)C(=C)C. The van der Waals surface area contributed by atoms with Crippen LogP contribution in [0.15, 0.2) is 24.4 Å². The van der Waals surface area contributed by atoms with Crippen molar-refractivity contribution in [3.63, 3.8) is 0 Å². The van der Waals surface area contributed by atoms with E-state index in [4.69, 9.17) is 5.73 Å². The Kier molecular flexibility index (Phi) is 4.92. The Hall–Kier alpha value is -0.760. The van der Waals surface area contributed by atoms with Crippen molar-refractivity contribution in [2.45, 2.75) is 52.1 Å². The molecule has 2 heteroatoms. The Labute approximate surface area is 88.3 Å². The summed E-state index contributed by atoms with van der Waals surface area (Å²) in [6.07, 6.45) is 1.82. The normalized spacial score (nSPS) is 13.7. The molecule has 1 atom stereocenters. The first-order chi connectivity index (χ1) is 6.22. The van der Waals surface area contributed by atoms with E-state index in [2.05, 4.69) is 39.2 Å². The van der Waals surface area contributed by atoms with Gasteiger partial charge in [-0.1, -0.05) is 18.7 Å². The number of hydrogen-bond donors (Lipinski definition) is 2. The van der Waals surface area contributed by atoms with E-state index in [1.807, 2.05) is 6.92 Å². The van der Waals surface area contributed by atoms with Gasteiger partial charge in [0, 0.05) is 17.3 Å². The molecule has 1 unspecified atom stereocenters. The molecule has 0 aromatic carbocycles. The molecule has 0 spiro atoms. The average molecular weight is 196 g/mol. The van der Waals surface area contributed by atoms with Gasteiger partial charge in [-0.25, -0.2) is 0 Å². The molecule has 3 N–H and O–H groups in total. The van der Waals surface area contributed by atoms with E-state index >= 15 is 0 Å². The molecule has 0 aromatic heterocycles. The lowest BCUT2D eigenvalue weighted by Crippen LogP contribution is -2.44. The number of nitrogens with one attached hydrogen (secondary N) is 1. The van der Waals surface area contributed by atoms with Crippen LogP contribution in [0.2, 0.25) is 0 Å². The highest BCUT2D eigenvalue weighted by Gasteiger charge is 2.17. The summed E-state index contributed by atoms with van der Waals surface area (Å²) in [5, 5.41) is 3.51. The molecule has 0 aromatic rings. The summed E-state index contributed by atoms with van der Waals surface area (Å²) in [6.45, 7) is 16.2. The topological polar surface area (TPSA) is 38.0 Å². The van der Waals surface area contributed by atoms with Gasteiger partial charge in [-0.15, -0.1) is 0 Å². The molecule has 0 bridgehead atoms. The second kappa shape index (κ2) is 5.20. The first-order valence-electron chi connectivity index (χ1n) is 5.08. The third-order valence-electron chi connectivity index (χ3n) is 1.96. The molecule has 0 radical (unpaired) electrons. The van der Waals surface area contributed by atoms with E-state index in [0.717, 1.165) is 24.1 Å². The minimum absolute atomic E-state index is 0.111. The van der Waals surface area contributed by atoms with Gasteiger partial charge >= 0.3 is 0 Å². The molecule has 0 fully saturated rings. The molecular weight excluding hydrogens is 172 g/mol. The highest BCUT2D eigenvalue weighted by Crippen LogP contribution is 2.12. The van der Waals surface area contributed by atoms with Crippen molar-refractivity contribution in [3.8, 4) is 0 Å². The zero-order chi connectivity index (χ0) is 11.4. The maximum absolute atomic E-state index is 5.55. The predicted molar refractivity (Wildman–Crippen MR) is 64.1 cm³/mol. The second-order valence-corrected chi connectivity index (χ2v) is 4.99. The third kappa shape index (κ3) is 6.72. The van der Waals surface area contributed by atoms with Crippen LogP contribution in [-0.4, -0.2) is 11.6 Å². The van der Waals surface area contributed by atoms with Gasteiger partial charge in [-0.3, -0.25) is 0 Å². The van der Waals surface area contributed by atoms with Crippen molar-refractivity contribution in [1.29, 1.82) is 0 Å². The summed E-state index contributed by atoms with van der Waals surface area (Å²) in [5.41, 5.74) is 7.56. The molecule has 2 nitrogen and oxygen atoms in total. The Morgan fingerprint density at radius 1 is 1.36 bits per heavy atom. The fraction of sp³-hybridized carbons (Fsp3) is 0.667. The van der Waals surface area contributed by atoms with Crippen molar-refractivity contribution in [2.75, 3.05) is 0 Å². The molecule has 0 aliphatic carbocycles. The molecule has 0 amide bonds. The Morgan fingerprint density at radius 2 is 1.86 bits per heavy atom. The number of hydrogen-bond acceptors (Lipinski definition) is 2. The highest BCUT2D eigenvalue weighted by molar-refractivity contribution is 5.05. The van der Waals surface area contributed by atoms with Crippen LogP contribution < -0.4 is 11.1 Å². The van der Waals surface area contributed by atoms with Crippen LogP contribution in [0.25, 0.3) is 0 Å². The second-order valence-electron chi connectivity index (χ2n) is 4.99. The monoisotopic (exact) mass is 196 g/mol. The largest absolute Gasteiger partial charge is 0.403 e. The Morgan fingerprint density at radius 3 is 2.14 bits per heavy atom. The quantitative estimate of drug-likeness (QED) is 0.663. The minimum atomic E-state index is 0.111. The van der Waals surface area contributed by atoms with Crippen LogP contribution in [0.5, 0.6) is 0 Å². The van der Waals surface area contributed by atoms with Crippen LogP contribution in [0, 0.1) is 0 Å². The van der Waals surface area contributed by atoms with E-state index in [1.165, 1.54) is 0 Å². The van der Waals surface area contributed by atoms with E-state index < -0.39 is 0 Å². The van der Waals surface area contributed by atoms with Gasteiger partial charge in [0.25, 0.3) is 0 Å². The molecule has 0 heterocycles. The fourth-order valence-corrected chi connectivity index (χ4v) is 1.29. The van der Waals surface area contributed by atoms with Gasteiger partial charge < -0.3 is 11.1 Å². The number of allylic oxidation sites excluding steroid dienone is 1. The van der Waals surface area contributed by atoms with Crippen LogP contribution >= 0.6 is 0 Å². The van der Waals surface area contributed by atoms with Crippen molar-refractivity contribution in [3.05, 3.63) is 24.4 Å². The molecule has 0 saturated heterocycles. The van der Waals surface area contributed by atoms with Gasteiger partial charge in [0.05, 0.1) is 0 Å². The third-order valence-corrected chi connectivity index (χ3v) is 1.96. The summed E-state index contributed by atoms with van der Waals surface area (Å²) >= 11 is 0. The van der Waals surface area contributed by atoms with Crippen molar-refractivity contribution < 1.29 is 0 Å². The standard InChI is InChI=1S/C12H24N2/c1-9(2)11(8-7-10(3)13)14-12(4,5)6/h11,14H,1,3,7-8,13H2,2,4-6H3. The zero-order valence-corrected chi connectivity index (χ0v) is 9.98. The first-order valence-corrected chi connectivity index (χ1v) is 5.08. The lowest BCUT2D eigenvalue weighted by molar-refractivity contribution is 0.371. The van der Waals surface area contributed by atoms with Crippen molar-refractivity contribution >= 4 is 0 Å². The number of rotatable bonds is 5. The van der Waals surface area contributed by atoms with E-state index in [1.54, 1.807) is 0 Å². The first kappa shape index (κ1) is 13.2. The van der Waals surface area contributed by atoms with E-state index in [0.29, 0.717) is 6.04 Å². The average Bonchev–Trinajstić information content (AvgIpc) is 1.94. The summed E-state index contributed by atoms with van der Waals surface area (Å²) in [4.78, 5) is 0. The Bertz CT molecular complexity index is 211. The van der Waals surface area contributed by atoms with Crippen LogP contribution in [0.3, 0.4) is 0 Å². The van der Waals surface area contributed by atoms with Crippen molar-refractivity contribution in [2.24, 2.45) is 5.73 Å². The van der Waals surface area contributed by atoms with Gasteiger partial charge in [-0.05, 0) is 40.5 Å². The van der Waals surface area contributed by atoms with Gasteiger partial charge in [0.15, 0.2) is 0 Å². The van der Waals surface area contributed by atoms with Gasteiger partial charge in [0.1, 0.15) is 0 Å². The van der Waals surface area contributed by atoms with E-state index in [-0.39, 0.29) is 5.54 Å². The molecular formula is C12H24N2. The number of nitrogens with two attached hydrogens (primary N) is 1. The van der Waals surface area contributed by atoms with Crippen molar-refractivity contribution in [1.82, 2.24) is 5.32 Å². The molecule has 0 aliphatic rings. The predicted octanol–water partition coefficient (Wildman–Crippen LogP) is 2.57. The van der Waals surface area contributed by atoms with Crippen LogP contribution in [0.1, 0.15) is 40.5 Å². The van der Waals surface area contributed by atoms with Crippen LogP contribution in [-0.2, 0) is 0 Å². The lowest BCUT2D eigenvalue weighted by atomic mass is 9.99. The Balaban J connectivity index is 4.17. The molecule has 82 valence electrons. The molecule has 0 aliphatic heterocycles. The van der Waals surface area contributed by atoms with E-state index in [9.17, 15) is 0 Å².